The second-order valence-electron chi connectivity index (χ2n) is 5.15. The van der Waals surface area contributed by atoms with Gasteiger partial charge in [0.15, 0.2) is 0 Å². The molecular formula is C14H17F3N2O. The van der Waals surface area contributed by atoms with Crippen molar-refractivity contribution in [2.45, 2.75) is 32.0 Å². The van der Waals surface area contributed by atoms with E-state index in [9.17, 15) is 18.0 Å². The Kier molecular flexibility index (Phi) is 4.32. The van der Waals surface area contributed by atoms with Gasteiger partial charge in [-0.2, -0.15) is 13.2 Å². The summed E-state index contributed by atoms with van der Waals surface area (Å²) in [4.78, 5) is 12.0. The van der Waals surface area contributed by atoms with Gasteiger partial charge in [0, 0.05) is 18.3 Å². The van der Waals surface area contributed by atoms with Crippen LogP contribution >= 0.6 is 0 Å². The minimum Gasteiger partial charge on any atom is -0.326 e. The Bertz CT molecular complexity index is 462. The quantitative estimate of drug-likeness (QED) is 0.877. The van der Waals surface area contributed by atoms with Crippen molar-refractivity contribution in [2.24, 2.45) is 5.92 Å². The number of halogens is 3. The molecule has 1 aliphatic heterocycles. The Morgan fingerprint density at radius 2 is 1.90 bits per heavy atom. The van der Waals surface area contributed by atoms with Crippen LogP contribution in [0.3, 0.4) is 0 Å². The smallest absolute Gasteiger partial charge is 0.326 e. The third-order valence-electron chi connectivity index (χ3n) is 3.51. The Balaban J connectivity index is 1.94. The Morgan fingerprint density at radius 1 is 1.25 bits per heavy atom. The number of anilines is 1. The number of rotatable bonds is 2. The molecule has 1 heterocycles. The van der Waals surface area contributed by atoms with Crippen molar-refractivity contribution in [3.8, 4) is 0 Å². The van der Waals surface area contributed by atoms with E-state index in [0.29, 0.717) is 18.3 Å². The second kappa shape index (κ2) is 5.83. The highest BCUT2D eigenvalue weighted by molar-refractivity contribution is 5.92. The van der Waals surface area contributed by atoms with Gasteiger partial charge in [0.05, 0.1) is 11.5 Å². The van der Waals surface area contributed by atoms with Gasteiger partial charge < -0.3 is 10.6 Å². The first kappa shape index (κ1) is 14.8. The maximum atomic E-state index is 12.4. The summed E-state index contributed by atoms with van der Waals surface area (Å²) in [5.41, 5.74) is -0.328. The van der Waals surface area contributed by atoms with E-state index in [1.165, 1.54) is 12.1 Å². The maximum absolute atomic E-state index is 12.4. The molecule has 0 saturated carbocycles. The monoisotopic (exact) mass is 286 g/mol. The molecule has 1 amide bonds. The number of hydrogen-bond donors (Lipinski definition) is 2. The van der Waals surface area contributed by atoms with Crippen molar-refractivity contribution in [1.82, 2.24) is 5.32 Å². The van der Waals surface area contributed by atoms with Crippen molar-refractivity contribution >= 4 is 11.6 Å². The molecule has 6 heteroatoms. The van der Waals surface area contributed by atoms with Gasteiger partial charge in [0.25, 0.3) is 0 Å². The number of carbonyl (C=O) groups excluding carboxylic acids is 1. The zero-order valence-corrected chi connectivity index (χ0v) is 11.1. The van der Waals surface area contributed by atoms with Crippen LogP contribution < -0.4 is 10.6 Å². The minimum atomic E-state index is -4.36. The molecule has 0 spiro atoms. The SMILES string of the molecule is CC1CCC(C(=O)Nc2ccc(C(F)(F)F)cc2)CN1. The van der Waals surface area contributed by atoms with Gasteiger partial charge in [0.2, 0.25) is 5.91 Å². The molecule has 0 aromatic heterocycles. The molecule has 0 aliphatic carbocycles. The van der Waals surface area contributed by atoms with Crippen LogP contribution in [0.1, 0.15) is 25.3 Å². The average Bonchev–Trinajstić information content (AvgIpc) is 2.39. The number of piperidine rings is 1. The van der Waals surface area contributed by atoms with Gasteiger partial charge in [-0.1, -0.05) is 0 Å². The fourth-order valence-corrected chi connectivity index (χ4v) is 2.21. The molecule has 1 aromatic carbocycles. The summed E-state index contributed by atoms with van der Waals surface area (Å²) in [5.74, 6) is -0.280. The molecule has 1 fully saturated rings. The summed E-state index contributed by atoms with van der Waals surface area (Å²) in [6.45, 7) is 2.66. The van der Waals surface area contributed by atoms with E-state index in [0.717, 1.165) is 25.0 Å². The number of alkyl halides is 3. The number of carbonyl (C=O) groups is 1. The van der Waals surface area contributed by atoms with E-state index in [2.05, 4.69) is 17.6 Å². The van der Waals surface area contributed by atoms with Crippen molar-refractivity contribution in [3.05, 3.63) is 29.8 Å². The predicted octanol–water partition coefficient (Wildman–Crippen LogP) is 3.03. The molecule has 0 bridgehead atoms. The third kappa shape index (κ3) is 3.72. The van der Waals surface area contributed by atoms with Crippen LogP contribution in [-0.4, -0.2) is 18.5 Å². The lowest BCUT2D eigenvalue weighted by Gasteiger charge is -2.26. The van der Waals surface area contributed by atoms with Crippen LogP contribution in [0.4, 0.5) is 18.9 Å². The van der Waals surface area contributed by atoms with E-state index in [1.807, 2.05) is 0 Å². The lowest BCUT2D eigenvalue weighted by atomic mass is 9.95. The van der Waals surface area contributed by atoms with Crippen molar-refractivity contribution < 1.29 is 18.0 Å². The van der Waals surface area contributed by atoms with Crippen LogP contribution in [-0.2, 0) is 11.0 Å². The van der Waals surface area contributed by atoms with Crippen molar-refractivity contribution in [3.63, 3.8) is 0 Å². The first-order chi connectivity index (χ1) is 9.36. The molecule has 1 saturated heterocycles. The zero-order valence-electron chi connectivity index (χ0n) is 11.1. The lowest BCUT2D eigenvalue weighted by molar-refractivity contribution is -0.137. The first-order valence-corrected chi connectivity index (χ1v) is 6.58. The largest absolute Gasteiger partial charge is 0.416 e. The van der Waals surface area contributed by atoms with Gasteiger partial charge in [-0.05, 0) is 44.0 Å². The second-order valence-corrected chi connectivity index (χ2v) is 5.15. The van der Waals surface area contributed by atoms with Crippen molar-refractivity contribution in [2.75, 3.05) is 11.9 Å². The molecule has 2 atom stereocenters. The van der Waals surface area contributed by atoms with E-state index >= 15 is 0 Å². The van der Waals surface area contributed by atoms with E-state index < -0.39 is 11.7 Å². The standard InChI is InChI=1S/C14H17F3N2O/c1-9-2-3-10(8-18-9)13(20)19-12-6-4-11(5-7-12)14(15,16)17/h4-7,9-10,18H,2-3,8H2,1H3,(H,19,20). The number of benzene rings is 1. The Labute approximate surface area is 115 Å². The van der Waals surface area contributed by atoms with Gasteiger partial charge in [-0.3, -0.25) is 4.79 Å². The van der Waals surface area contributed by atoms with Crippen LogP contribution in [0.5, 0.6) is 0 Å². The molecule has 0 radical (unpaired) electrons. The predicted molar refractivity (Wildman–Crippen MR) is 70.3 cm³/mol. The molecule has 2 unspecified atom stereocenters. The molecule has 110 valence electrons. The zero-order chi connectivity index (χ0) is 14.8. The Morgan fingerprint density at radius 3 is 2.40 bits per heavy atom. The van der Waals surface area contributed by atoms with Crippen LogP contribution in [0.25, 0.3) is 0 Å². The third-order valence-corrected chi connectivity index (χ3v) is 3.51. The molecule has 2 N–H and O–H groups in total. The normalized spacial score (nSPS) is 23.4. The number of nitrogens with one attached hydrogen (secondary N) is 2. The highest BCUT2D eigenvalue weighted by Gasteiger charge is 2.30. The fraction of sp³-hybridized carbons (Fsp3) is 0.500. The van der Waals surface area contributed by atoms with Crippen molar-refractivity contribution in [1.29, 1.82) is 0 Å². The molecule has 20 heavy (non-hydrogen) atoms. The molecule has 1 aromatic rings. The lowest BCUT2D eigenvalue weighted by Crippen LogP contribution is -2.41. The van der Waals surface area contributed by atoms with Gasteiger partial charge in [-0.25, -0.2) is 0 Å². The van der Waals surface area contributed by atoms with Gasteiger partial charge >= 0.3 is 6.18 Å². The molecule has 2 rings (SSSR count). The maximum Gasteiger partial charge on any atom is 0.416 e. The summed E-state index contributed by atoms with van der Waals surface area (Å²) in [5, 5.41) is 5.88. The van der Waals surface area contributed by atoms with Gasteiger partial charge in [-0.15, -0.1) is 0 Å². The van der Waals surface area contributed by atoms with E-state index in [-0.39, 0.29) is 11.8 Å². The summed E-state index contributed by atoms with van der Waals surface area (Å²) in [6.07, 6.45) is -2.64. The number of amides is 1. The fourth-order valence-electron chi connectivity index (χ4n) is 2.21. The summed E-state index contributed by atoms with van der Waals surface area (Å²) in [6, 6.07) is 4.90. The van der Waals surface area contributed by atoms with Crippen LogP contribution in [0.15, 0.2) is 24.3 Å². The highest BCUT2D eigenvalue weighted by atomic mass is 19.4. The minimum absolute atomic E-state index is 0.131. The van der Waals surface area contributed by atoms with Gasteiger partial charge in [0.1, 0.15) is 0 Å². The summed E-state index contributed by atoms with van der Waals surface area (Å²) >= 11 is 0. The van der Waals surface area contributed by atoms with Crippen LogP contribution in [0, 0.1) is 5.92 Å². The molecule has 1 aliphatic rings. The highest BCUT2D eigenvalue weighted by Crippen LogP contribution is 2.30. The number of hydrogen-bond acceptors (Lipinski definition) is 2. The summed E-state index contributed by atoms with van der Waals surface area (Å²) in [7, 11) is 0. The topological polar surface area (TPSA) is 41.1 Å². The van der Waals surface area contributed by atoms with Crippen LogP contribution in [0.2, 0.25) is 0 Å². The Hall–Kier alpha value is -1.56. The molecular weight excluding hydrogens is 269 g/mol. The summed E-state index contributed by atoms with van der Waals surface area (Å²) < 4.78 is 37.2. The average molecular weight is 286 g/mol. The van der Waals surface area contributed by atoms with E-state index in [4.69, 9.17) is 0 Å². The van der Waals surface area contributed by atoms with E-state index in [1.54, 1.807) is 0 Å². The first-order valence-electron chi connectivity index (χ1n) is 6.58. The molecule has 3 nitrogen and oxygen atoms in total.